The Bertz CT molecular complexity index is 1180. The normalized spacial score (nSPS) is 11.0. The number of nitrogens with two attached hydrogens (primary N) is 1. The molecule has 1 aromatic heterocycles. The molecule has 8 heteroatoms. The summed E-state index contributed by atoms with van der Waals surface area (Å²) in [4.78, 5) is 19.3. The predicted molar refractivity (Wildman–Crippen MR) is 147 cm³/mol. The van der Waals surface area contributed by atoms with E-state index in [9.17, 15) is 4.79 Å². The number of nitrogens with zero attached hydrogens (tertiary/aromatic N) is 2. The lowest BCUT2D eigenvalue weighted by atomic mass is 9.70. The molecule has 1 amide bonds. The summed E-state index contributed by atoms with van der Waals surface area (Å²) < 4.78 is 21.9. The van der Waals surface area contributed by atoms with Gasteiger partial charge in [-0.25, -0.2) is 14.8 Å². The van der Waals surface area contributed by atoms with E-state index < -0.39 is 6.09 Å². The molecule has 0 atom stereocenters. The molecule has 0 radical (unpaired) electrons. The van der Waals surface area contributed by atoms with Crippen LogP contribution in [0.1, 0.15) is 62.7 Å². The minimum absolute atomic E-state index is 0.131. The summed E-state index contributed by atoms with van der Waals surface area (Å²) in [7, 11) is 0. The lowest BCUT2D eigenvalue weighted by Gasteiger charge is -2.33. The summed E-state index contributed by atoms with van der Waals surface area (Å²) in [6.07, 6.45) is 3.38. The highest BCUT2D eigenvalue weighted by molar-refractivity contribution is 5.64. The summed E-state index contributed by atoms with van der Waals surface area (Å²) in [6.45, 7) is 11.7. The summed E-state index contributed by atoms with van der Waals surface area (Å²) >= 11 is 0. The van der Waals surface area contributed by atoms with Crippen molar-refractivity contribution in [3.05, 3.63) is 90.0 Å². The van der Waals surface area contributed by atoms with Gasteiger partial charge in [0, 0.05) is 18.0 Å². The monoisotopic (exact) mass is 519 g/mol. The molecule has 3 aromatic rings. The zero-order valence-electron chi connectivity index (χ0n) is 22.4. The van der Waals surface area contributed by atoms with E-state index >= 15 is 0 Å². The van der Waals surface area contributed by atoms with E-state index in [1.54, 1.807) is 6.20 Å². The fourth-order valence-corrected chi connectivity index (χ4v) is 4.40. The molecule has 0 aliphatic rings. The molecule has 2 N–H and O–H groups in total. The zero-order chi connectivity index (χ0) is 27.4. The molecule has 202 valence electrons. The molecule has 1 heterocycles. The van der Waals surface area contributed by atoms with Gasteiger partial charge >= 0.3 is 6.09 Å². The Hall–Kier alpha value is -4.07. The van der Waals surface area contributed by atoms with Crippen LogP contribution in [0.5, 0.6) is 11.5 Å². The molecule has 0 aliphatic heterocycles. The van der Waals surface area contributed by atoms with Gasteiger partial charge in [-0.15, -0.1) is 0 Å². The SMILES string of the molecule is C=C(OCC)c1nccc(COc2ccc(C(CC)(CC)c3ccc(OCCCOC(N)=O)cc3)cc2)n1. The molecule has 0 saturated carbocycles. The number of ether oxygens (including phenoxy) is 4. The summed E-state index contributed by atoms with van der Waals surface area (Å²) in [5.74, 6) is 2.45. The van der Waals surface area contributed by atoms with Gasteiger partial charge in [-0.3, -0.25) is 0 Å². The van der Waals surface area contributed by atoms with Crippen LogP contribution in [0.25, 0.3) is 5.76 Å². The molecule has 0 saturated heterocycles. The molecular formula is C30H37N3O5. The number of primary amides is 1. The minimum atomic E-state index is -0.770. The van der Waals surface area contributed by atoms with E-state index in [4.69, 9.17) is 24.7 Å². The molecule has 0 unspecified atom stereocenters. The van der Waals surface area contributed by atoms with Crippen molar-refractivity contribution in [3.63, 3.8) is 0 Å². The number of aromatic nitrogens is 2. The molecule has 0 bridgehead atoms. The molecule has 8 nitrogen and oxygen atoms in total. The highest BCUT2D eigenvalue weighted by Crippen LogP contribution is 2.40. The molecular weight excluding hydrogens is 482 g/mol. The van der Waals surface area contributed by atoms with E-state index in [0.717, 1.165) is 30.0 Å². The van der Waals surface area contributed by atoms with Crippen LogP contribution in [0.3, 0.4) is 0 Å². The van der Waals surface area contributed by atoms with Crippen molar-refractivity contribution in [1.29, 1.82) is 0 Å². The van der Waals surface area contributed by atoms with Crippen molar-refractivity contribution in [2.24, 2.45) is 5.73 Å². The topological polar surface area (TPSA) is 106 Å². The van der Waals surface area contributed by atoms with Crippen LogP contribution in [0.4, 0.5) is 4.79 Å². The average molecular weight is 520 g/mol. The Morgan fingerprint density at radius 2 is 1.47 bits per heavy atom. The van der Waals surface area contributed by atoms with Crippen LogP contribution in [-0.4, -0.2) is 35.9 Å². The van der Waals surface area contributed by atoms with Gasteiger partial charge in [-0.2, -0.15) is 0 Å². The lowest BCUT2D eigenvalue weighted by Crippen LogP contribution is -2.26. The Balaban J connectivity index is 1.65. The van der Waals surface area contributed by atoms with Crippen LogP contribution in [-0.2, 0) is 21.5 Å². The second-order valence-corrected chi connectivity index (χ2v) is 8.72. The van der Waals surface area contributed by atoms with E-state index in [2.05, 4.69) is 54.7 Å². The maximum atomic E-state index is 10.6. The Morgan fingerprint density at radius 1 is 0.868 bits per heavy atom. The fourth-order valence-electron chi connectivity index (χ4n) is 4.40. The fraction of sp³-hybridized carbons (Fsp3) is 0.367. The van der Waals surface area contributed by atoms with Crippen LogP contribution < -0.4 is 15.2 Å². The van der Waals surface area contributed by atoms with Crippen molar-refractivity contribution >= 4 is 11.9 Å². The second kappa shape index (κ2) is 14.0. The summed E-state index contributed by atoms with van der Waals surface area (Å²) in [5.41, 5.74) is 8.04. The molecule has 2 aromatic carbocycles. The third-order valence-electron chi connectivity index (χ3n) is 6.49. The first-order chi connectivity index (χ1) is 18.4. The van der Waals surface area contributed by atoms with Crippen LogP contribution >= 0.6 is 0 Å². The van der Waals surface area contributed by atoms with E-state index in [-0.39, 0.29) is 12.0 Å². The quantitative estimate of drug-likeness (QED) is 0.193. The first-order valence-corrected chi connectivity index (χ1v) is 12.9. The van der Waals surface area contributed by atoms with Gasteiger partial charge in [0.1, 0.15) is 18.1 Å². The number of benzene rings is 2. The van der Waals surface area contributed by atoms with Crippen molar-refractivity contribution in [2.75, 3.05) is 19.8 Å². The third kappa shape index (κ3) is 7.47. The highest BCUT2D eigenvalue weighted by atomic mass is 16.5. The van der Waals surface area contributed by atoms with E-state index in [1.807, 2.05) is 37.3 Å². The first kappa shape index (κ1) is 28.5. The molecule has 0 fully saturated rings. The number of hydrogen-bond donors (Lipinski definition) is 1. The second-order valence-electron chi connectivity index (χ2n) is 8.72. The zero-order valence-corrected chi connectivity index (χ0v) is 22.4. The average Bonchev–Trinajstić information content (AvgIpc) is 2.94. The summed E-state index contributed by atoms with van der Waals surface area (Å²) in [6, 6.07) is 18.3. The smallest absolute Gasteiger partial charge is 0.404 e. The summed E-state index contributed by atoms with van der Waals surface area (Å²) in [5, 5.41) is 0. The standard InChI is InChI=1S/C30H37N3O5/c1-5-30(6-2,23-9-13-26(14-10-23)36-19-8-20-37-29(31)34)24-11-15-27(16-12-24)38-21-25-17-18-32-28(33-25)22(4)35-7-3/h9-18H,4-8,19-21H2,1-3H3,(H2,31,34). The number of amides is 1. The molecule has 3 rings (SSSR count). The van der Waals surface area contributed by atoms with Gasteiger partial charge in [0.15, 0.2) is 11.6 Å². The van der Waals surface area contributed by atoms with Gasteiger partial charge in [0.05, 0.1) is 25.5 Å². The third-order valence-corrected chi connectivity index (χ3v) is 6.49. The van der Waals surface area contributed by atoms with Crippen molar-refractivity contribution in [3.8, 4) is 11.5 Å². The lowest BCUT2D eigenvalue weighted by molar-refractivity contribution is 0.147. The number of rotatable bonds is 15. The minimum Gasteiger partial charge on any atom is -0.493 e. The predicted octanol–water partition coefficient (Wildman–Crippen LogP) is 6.03. The van der Waals surface area contributed by atoms with Crippen molar-refractivity contribution < 1.29 is 23.7 Å². The molecule has 38 heavy (non-hydrogen) atoms. The Morgan fingerprint density at radius 3 is 2.03 bits per heavy atom. The number of carbonyl (C=O) groups is 1. The largest absolute Gasteiger partial charge is 0.493 e. The van der Waals surface area contributed by atoms with Crippen LogP contribution in [0.2, 0.25) is 0 Å². The number of hydrogen-bond acceptors (Lipinski definition) is 7. The van der Waals surface area contributed by atoms with E-state index in [1.165, 1.54) is 11.1 Å². The number of carbonyl (C=O) groups excluding carboxylic acids is 1. The Kier molecular flexibility index (Phi) is 10.5. The van der Waals surface area contributed by atoms with Gasteiger partial charge in [-0.1, -0.05) is 44.7 Å². The van der Waals surface area contributed by atoms with Gasteiger partial charge in [0.2, 0.25) is 0 Å². The first-order valence-electron chi connectivity index (χ1n) is 12.9. The van der Waals surface area contributed by atoms with Crippen molar-refractivity contribution in [2.45, 2.75) is 52.1 Å². The Labute approximate surface area is 224 Å². The van der Waals surface area contributed by atoms with Crippen molar-refractivity contribution in [1.82, 2.24) is 9.97 Å². The maximum Gasteiger partial charge on any atom is 0.404 e. The van der Waals surface area contributed by atoms with Gasteiger partial charge in [-0.05, 0) is 61.2 Å². The van der Waals surface area contributed by atoms with Gasteiger partial charge in [0.25, 0.3) is 0 Å². The molecule has 0 spiro atoms. The van der Waals surface area contributed by atoms with Crippen LogP contribution in [0.15, 0.2) is 67.4 Å². The highest BCUT2D eigenvalue weighted by Gasteiger charge is 2.30. The van der Waals surface area contributed by atoms with Crippen LogP contribution in [0, 0.1) is 0 Å². The molecule has 0 aliphatic carbocycles. The van der Waals surface area contributed by atoms with Gasteiger partial charge < -0.3 is 24.7 Å². The maximum absolute atomic E-state index is 10.6. The van der Waals surface area contributed by atoms with E-state index in [0.29, 0.717) is 37.8 Å².